The van der Waals surface area contributed by atoms with Gasteiger partial charge in [-0.15, -0.1) is 0 Å². The average molecular weight is 178 g/mol. The van der Waals surface area contributed by atoms with Gasteiger partial charge in [-0.2, -0.15) is 0 Å². The molecule has 0 spiro atoms. The third-order valence-electron chi connectivity index (χ3n) is 3.73. The van der Waals surface area contributed by atoms with Crippen LogP contribution in [0.5, 0.6) is 0 Å². The molecule has 1 aliphatic heterocycles. The van der Waals surface area contributed by atoms with Gasteiger partial charge in [0.25, 0.3) is 0 Å². The maximum absolute atomic E-state index is 11.3. The summed E-state index contributed by atoms with van der Waals surface area (Å²) < 4.78 is 4.64. The van der Waals surface area contributed by atoms with Gasteiger partial charge < -0.3 is 4.74 Å². The van der Waals surface area contributed by atoms with Crippen molar-refractivity contribution in [2.45, 2.75) is 6.92 Å². The van der Waals surface area contributed by atoms with E-state index in [9.17, 15) is 9.59 Å². The molecule has 0 radical (unpaired) electrons. The summed E-state index contributed by atoms with van der Waals surface area (Å²) in [4.78, 5) is 22.6. The van der Waals surface area contributed by atoms with E-state index in [2.05, 4.69) is 23.8 Å². The lowest BCUT2D eigenvalue weighted by molar-refractivity contribution is -0.155. The predicted molar refractivity (Wildman–Crippen MR) is 43.4 cm³/mol. The van der Waals surface area contributed by atoms with Crippen molar-refractivity contribution in [1.29, 1.82) is 0 Å². The van der Waals surface area contributed by atoms with Crippen molar-refractivity contribution in [1.82, 2.24) is 0 Å². The molecule has 3 heteroatoms. The van der Waals surface area contributed by atoms with E-state index in [0.29, 0.717) is 5.92 Å². The maximum Gasteiger partial charge on any atom is 0.318 e. The zero-order valence-corrected chi connectivity index (χ0v) is 7.27. The molecule has 1 heterocycles. The van der Waals surface area contributed by atoms with Gasteiger partial charge in [0, 0.05) is 0 Å². The third-order valence-corrected chi connectivity index (χ3v) is 3.73. The fourth-order valence-corrected chi connectivity index (χ4v) is 3.08. The number of hydrogen-bond acceptors (Lipinski definition) is 3. The highest BCUT2D eigenvalue weighted by Gasteiger charge is 2.61. The molecule has 3 nitrogen and oxygen atoms in total. The number of fused-ring (bicyclic) bond motifs is 5. The van der Waals surface area contributed by atoms with Crippen LogP contribution in [-0.4, -0.2) is 11.9 Å². The first-order valence-corrected chi connectivity index (χ1v) is 4.64. The van der Waals surface area contributed by atoms with Crippen molar-refractivity contribution in [2.75, 3.05) is 0 Å². The second-order valence-electron chi connectivity index (χ2n) is 4.19. The standard InChI is InChI=1S/C10H10O3/c1-4-5-2-3-6(4)8-7(5)9(11)13-10(8)12/h2-8H,1H3/t4?,5-,6+,7-,8+. The highest BCUT2D eigenvalue weighted by Crippen LogP contribution is 2.55. The summed E-state index contributed by atoms with van der Waals surface area (Å²) in [6.07, 6.45) is 4.13. The number of rotatable bonds is 0. The number of hydrogen-bond donors (Lipinski definition) is 0. The number of carbonyl (C=O) groups excluding carboxylic acids is 2. The van der Waals surface area contributed by atoms with Crippen LogP contribution in [-0.2, 0) is 14.3 Å². The smallest absolute Gasteiger partial charge is 0.318 e. The zero-order chi connectivity index (χ0) is 9.16. The molecular formula is C10H10O3. The molecule has 2 bridgehead atoms. The van der Waals surface area contributed by atoms with Gasteiger partial charge in [0.2, 0.25) is 0 Å². The van der Waals surface area contributed by atoms with E-state index >= 15 is 0 Å². The van der Waals surface area contributed by atoms with Gasteiger partial charge in [0.05, 0.1) is 11.8 Å². The number of esters is 2. The summed E-state index contributed by atoms with van der Waals surface area (Å²) in [7, 11) is 0. The summed E-state index contributed by atoms with van der Waals surface area (Å²) >= 11 is 0. The Morgan fingerprint density at radius 3 is 2.00 bits per heavy atom. The van der Waals surface area contributed by atoms with Gasteiger partial charge in [-0.3, -0.25) is 9.59 Å². The molecule has 3 rings (SSSR count). The lowest BCUT2D eigenvalue weighted by atomic mass is 9.85. The Balaban J connectivity index is 2.09. The van der Waals surface area contributed by atoms with Gasteiger partial charge in [-0.25, -0.2) is 0 Å². The van der Waals surface area contributed by atoms with Crippen LogP contribution < -0.4 is 0 Å². The van der Waals surface area contributed by atoms with Crippen molar-refractivity contribution in [3.05, 3.63) is 12.2 Å². The molecule has 0 aromatic rings. The first kappa shape index (κ1) is 7.30. The second-order valence-corrected chi connectivity index (χ2v) is 4.19. The number of allylic oxidation sites excluding steroid dienone is 2. The summed E-state index contributed by atoms with van der Waals surface area (Å²) in [5.74, 6) is -0.0258. The van der Waals surface area contributed by atoms with Crippen molar-refractivity contribution in [3.63, 3.8) is 0 Å². The van der Waals surface area contributed by atoms with Gasteiger partial charge in [0.1, 0.15) is 0 Å². The number of ether oxygens (including phenoxy) is 1. The highest BCUT2D eigenvalue weighted by atomic mass is 16.6. The fourth-order valence-electron chi connectivity index (χ4n) is 3.08. The van der Waals surface area contributed by atoms with Crippen molar-refractivity contribution in [3.8, 4) is 0 Å². The largest absolute Gasteiger partial charge is 0.393 e. The van der Waals surface area contributed by atoms with E-state index < -0.39 is 0 Å². The van der Waals surface area contributed by atoms with Gasteiger partial charge in [0.15, 0.2) is 0 Å². The van der Waals surface area contributed by atoms with Gasteiger partial charge in [-0.05, 0) is 17.8 Å². The normalized spacial score (nSPS) is 51.3. The van der Waals surface area contributed by atoms with Crippen LogP contribution in [0.2, 0.25) is 0 Å². The minimum absolute atomic E-state index is 0.169. The quantitative estimate of drug-likeness (QED) is 0.312. The Hall–Kier alpha value is -1.12. The van der Waals surface area contributed by atoms with E-state index in [4.69, 9.17) is 0 Å². The first-order valence-electron chi connectivity index (χ1n) is 4.64. The molecule has 1 saturated carbocycles. The van der Waals surface area contributed by atoms with Gasteiger partial charge in [-0.1, -0.05) is 19.1 Å². The number of carbonyl (C=O) groups is 2. The monoisotopic (exact) mass is 178 g/mol. The maximum atomic E-state index is 11.3. The molecule has 1 unspecified atom stereocenters. The van der Waals surface area contributed by atoms with E-state index in [0.717, 1.165) is 0 Å². The summed E-state index contributed by atoms with van der Waals surface area (Å²) in [5, 5.41) is 0. The Morgan fingerprint density at radius 2 is 1.54 bits per heavy atom. The molecule has 2 fully saturated rings. The van der Waals surface area contributed by atoms with Crippen molar-refractivity contribution in [2.24, 2.45) is 29.6 Å². The zero-order valence-electron chi connectivity index (χ0n) is 7.27. The lowest BCUT2D eigenvalue weighted by Gasteiger charge is -2.12. The van der Waals surface area contributed by atoms with E-state index in [1.54, 1.807) is 0 Å². The topological polar surface area (TPSA) is 43.4 Å². The number of cyclic esters (lactones) is 2. The Morgan fingerprint density at radius 1 is 1.08 bits per heavy atom. The van der Waals surface area contributed by atoms with Crippen LogP contribution >= 0.6 is 0 Å². The van der Waals surface area contributed by atoms with Crippen LogP contribution in [0.25, 0.3) is 0 Å². The van der Waals surface area contributed by atoms with E-state index in [1.165, 1.54) is 0 Å². The lowest BCUT2D eigenvalue weighted by Crippen LogP contribution is -2.21. The van der Waals surface area contributed by atoms with Crippen LogP contribution in [0.3, 0.4) is 0 Å². The summed E-state index contributed by atoms with van der Waals surface area (Å²) in [6, 6.07) is 0. The van der Waals surface area contributed by atoms with Crippen LogP contribution in [0.4, 0.5) is 0 Å². The Kier molecular flexibility index (Phi) is 1.14. The van der Waals surface area contributed by atoms with Crippen molar-refractivity contribution < 1.29 is 14.3 Å². The SMILES string of the molecule is CC1[C@H]2C=C[C@@H]1[C@@H]1C(=O)OC(=O)[C@@H]12. The van der Waals surface area contributed by atoms with Gasteiger partial charge >= 0.3 is 11.9 Å². The molecule has 0 amide bonds. The third kappa shape index (κ3) is 0.666. The predicted octanol–water partition coefficient (Wildman–Crippen LogP) is 0.754. The molecule has 3 aliphatic rings. The molecule has 1 saturated heterocycles. The minimum atomic E-state index is -0.307. The summed E-state index contributed by atoms with van der Waals surface area (Å²) in [5.41, 5.74) is 0. The first-order chi connectivity index (χ1) is 6.20. The van der Waals surface area contributed by atoms with Crippen LogP contribution in [0, 0.1) is 29.6 Å². The Bertz CT molecular complexity index is 301. The molecule has 0 N–H and O–H groups in total. The van der Waals surface area contributed by atoms with E-state index in [-0.39, 0.29) is 35.6 Å². The average Bonchev–Trinajstić information content (AvgIpc) is 2.67. The molecule has 13 heavy (non-hydrogen) atoms. The van der Waals surface area contributed by atoms with Crippen LogP contribution in [0.1, 0.15) is 6.92 Å². The van der Waals surface area contributed by atoms with Crippen LogP contribution in [0.15, 0.2) is 12.2 Å². The molecule has 5 atom stereocenters. The fraction of sp³-hybridized carbons (Fsp3) is 0.600. The molecule has 2 aliphatic carbocycles. The molecule has 68 valence electrons. The Labute approximate surface area is 75.8 Å². The highest BCUT2D eigenvalue weighted by molar-refractivity contribution is 5.98. The minimum Gasteiger partial charge on any atom is -0.393 e. The molecule has 0 aromatic carbocycles. The van der Waals surface area contributed by atoms with E-state index in [1.807, 2.05) is 0 Å². The van der Waals surface area contributed by atoms with Crippen molar-refractivity contribution >= 4 is 11.9 Å². The molecule has 0 aromatic heterocycles. The molecular weight excluding hydrogens is 168 g/mol. The second kappa shape index (κ2) is 2.03. The summed E-state index contributed by atoms with van der Waals surface area (Å²) in [6.45, 7) is 2.11.